The van der Waals surface area contributed by atoms with E-state index in [2.05, 4.69) is 10.6 Å². The molecule has 2 aliphatic rings. The highest BCUT2D eigenvalue weighted by atomic mass is 16.6. The predicted molar refractivity (Wildman–Crippen MR) is 117 cm³/mol. The molecule has 2 aromatic carbocycles. The lowest BCUT2D eigenvalue weighted by Crippen LogP contribution is -2.28. The smallest absolute Gasteiger partial charge is 0.344 e. The van der Waals surface area contributed by atoms with E-state index in [4.69, 9.17) is 14.2 Å². The molecule has 4 rings (SSSR count). The zero-order chi connectivity index (χ0) is 22.7. The predicted octanol–water partition coefficient (Wildman–Crippen LogP) is 2.85. The molecule has 8 heteroatoms. The molecule has 1 aliphatic heterocycles. The van der Waals surface area contributed by atoms with Gasteiger partial charge in [-0.1, -0.05) is 24.3 Å². The van der Waals surface area contributed by atoms with Crippen molar-refractivity contribution < 1.29 is 28.6 Å². The summed E-state index contributed by atoms with van der Waals surface area (Å²) in [5.41, 5.74) is 1.42. The highest BCUT2D eigenvalue weighted by Gasteiger charge is 2.32. The van der Waals surface area contributed by atoms with E-state index in [9.17, 15) is 14.4 Å². The van der Waals surface area contributed by atoms with Crippen LogP contribution in [0.3, 0.4) is 0 Å². The molecule has 1 fully saturated rings. The summed E-state index contributed by atoms with van der Waals surface area (Å²) in [6.45, 7) is 3.12. The van der Waals surface area contributed by atoms with Gasteiger partial charge in [0.05, 0.1) is 11.3 Å². The van der Waals surface area contributed by atoms with E-state index < -0.39 is 18.5 Å². The summed E-state index contributed by atoms with van der Waals surface area (Å²) in [7, 11) is 0. The van der Waals surface area contributed by atoms with Crippen molar-refractivity contribution in [2.75, 3.05) is 18.5 Å². The van der Waals surface area contributed by atoms with Crippen LogP contribution in [0.15, 0.2) is 42.5 Å². The molecule has 168 valence electrons. The van der Waals surface area contributed by atoms with Crippen LogP contribution in [0.25, 0.3) is 0 Å². The van der Waals surface area contributed by atoms with Crippen LogP contribution >= 0.6 is 0 Å². The molecule has 0 saturated heterocycles. The lowest BCUT2D eigenvalue weighted by Gasteiger charge is -2.18. The number of hydrogen-bond donors (Lipinski definition) is 2. The Kier molecular flexibility index (Phi) is 6.03. The van der Waals surface area contributed by atoms with E-state index >= 15 is 0 Å². The number of benzene rings is 2. The number of fused-ring (bicyclic) bond motifs is 1. The minimum Gasteiger partial charge on any atom is -0.483 e. The van der Waals surface area contributed by atoms with Crippen molar-refractivity contribution in [2.24, 2.45) is 0 Å². The summed E-state index contributed by atoms with van der Waals surface area (Å²) >= 11 is 0. The molecule has 0 unspecified atom stereocenters. The topological polar surface area (TPSA) is 103 Å². The van der Waals surface area contributed by atoms with Gasteiger partial charge in [0.15, 0.2) is 24.7 Å². The molecule has 0 radical (unpaired) electrons. The summed E-state index contributed by atoms with van der Waals surface area (Å²) in [5.74, 6) is -0.380. The highest BCUT2D eigenvalue weighted by molar-refractivity contribution is 6.04. The van der Waals surface area contributed by atoms with E-state index in [1.54, 1.807) is 30.3 Å². The van der Waals surface area contributed by atoms with Crippen molar-refractivity contribution in [1.82, 2.24) is 5.32 Å². The second-order valence-electron chi connectivity index (χ2n) is 8.57. The van der Waals surface area contributed by atoms with Gasteiger partial charge in [-0.3, -0.25) is 9.59 Å². The number of anilines is 1. The first-order valence-electron chi connectivity index (χ1n) is 10.6. The monoisotopic (exact) mass is 438 g/mol. The summed E-state index contributed by atoms with van der Waals surface area (Å²) in [6.07, 6.45) is 2.69. The lowest BCUT2D eigenvalue weighted by molar-refractivity contribution is -0.149. The number of nitrogens with one attached hydrogen (secondary N) is 2. The van der Waals surface area contributed by atoms with Crippen LogP contribution in [0.4, 0.5) is 5.69 Å². The van der Waals surface area contributed by atoms with Gasteiger partial charge in [-0.05, 0) is 44.9 Å². The van der Waals surface area contributed by atoms with Crippen LogP contribution in [-0.2, 0) is 20.7 Å². The summed E-state index contributed by atoms with van der Waals surface area (Å²) in [6, 6.07) is 12.4. The largest absolute Gasteiger partial charge is 0.483 e. The quantitative estimate of drug-likeness (QED) is 0.615. The number of carbonyl (C=O) groups excluding carboxylic acids is 3. The average molecular weight is 438 g/mol. The number of amides is 2. The van der Waals surface area contributed by atoms with Crippen molar-refractivity contribution >= 4 is 23.5 Å². The SMILES string of the molecule is CC1(C)Cc2cccc(OCC(=O)OCC(=O)Nc3ccccc3C(=O)NC3CC3)c2O1. The van der Waals surface area contributed by atoms with Gasteiger partial charge >= 0.3 is 5.97 Å². The number of hydrogen-bond acceptors (Lipinski definition) is 6. The maximum absolute atomic E-state index is 12.3. The van der Waals surface area contributed by atoms with Crippen LogP contribution in [0.1, 0.15) is 42.6 Å². The number of para-hydroxylation sites is 2. The summed E-state index contributed by atoms with van der Waals surface area (Å²) < 4.78 is 16.5. The van der Waals surface area contributed by atoms with Gasteiger partial charge in [-0.15, -0.1) is 0 Å². The number of esters is 1. The number of rotatable bonds is 8. The van der Waals surface area contributed by atoms with Gasteiger partial charge in [-0.2, -0.15) is 0 Å². The van der Waals surface area contributed by atoms with E-state index in [-0.39, 0.29) is 24.2 Å². The highest BCUT2D eigenvalue weighted by Crippen LogP contribution is 2.41. The molecule has 1 heterocycles. The molecule has 1 saturated carbocycles. The molecule has 0 aromatic heterocycles. The van der Waals surface area contributed by atoms with Crippen LogP contribution in [0.5, 0.6) is 11.5 Å². The molecule has 0 atom stereocenters. The van der Waals surface area contributed by atoms with Crippen molar-refractivity contribution in [3.63, 3.8) is 0 Å². The molecule has 1 aliphatic carbocycles. The Morgan fingerprint density at radius 1 is 1.06 bits per heavy atom. The number of carbonyl (C=O) groups is 3. The van der Waals surface area contributed by atoms with Gasteiger partial charge < -0.3 is 24.8 Å². The first kappa shape index (κ1) is 21.7. The Labute approximate surface area is 186 Å². The fourth-order valence-electron chi connectivity index (χ4n) is 3.49. The van der Waals surface area contributed by atoms with Crippen molar-refractivity contribution in [3.8, 4) is 11.5 Å². The van der Waals surface area contributed by atoms with E-state index in [0.717, 1.165) is 24.8 Å². The molecule has 32 heavy (non-hydrogen) atoms. The van der Waals surface area contributed by atoms with E-state index in [0.29, 0.717) is 22.7 Å². The van der Waals surface area contributed by atoms with Gasteiger partial charge in [0.1, 0.15) is 5.60 Å². The van der Waals surface area contributed by atoms with Crippen LogP contribution in [0.2, 0.25) is 0 Å². The lowest BCUT2D eigenvalue weighted by atomic mass is 10.0. The standard InChI is InChI=1S/C24H26N2O6/c1-24(2)12-15-6-5-9-19(22(15)32-24)30-14-21(28)31-13-20(27)26-18-8-4-3-7-17(18)23(29)25-16-10-11-16/h3-9,16H,10-14H2,1-2H3,(H,25,29)(H,26,27). The zero-order valence-electron chi connectivity index (χ0n) is 18.1. The Balaban J connectivity index is 1.26. The Bertz CT molecular complexity index is 1040. The molecule has 2 aromatic rings. The van der Waals surface area contributed by atoms with E-state index in [1.807, 2.05) is 26.0 Å². The molecule has 0 spiro atoms. The maximum atomic E-state index is 12.3. The molecule has 2 N–H and O–H groups in total. The third-order valence-electron chi connectivity index (χ3n) is 5.12. The second kappa shape index (κ2) is 8.90. The fraction of sp³-hybridized carbons (Fsp3) is 0.375. The average Bonchev–Trinajstić information content (AvgIpc) is 3.50. The normalized spacial score (nSPS) is 15.8. The molecule has 2 amide bonds. The molecule has 0 bridgehead atoms. The first-order chi connectivity index (χ1) is 15.3. The minimum absolute atomic E-state index is 0.203. The van der Waals surface area contributed by atoms with Gasteiger partial charge in [0.25, 0.3) is 11.8 Å². The maximum Gasteiger partial charge on any atom is 0.344 e. The van der Waals surface area contributed by atoms with Gasteiger partial charge in [0, 0.05) is 18.0 Å². The van der Waals surface area contributed by atoms with Crippen molar-refractivity contribution in [3.05, 3.63) is 53.6 Å². The second-order valence-corrected chi connectivity index (χ2v) is 8.57. The Morgan fingerprint density at radius 3 is 2.62 bits per heavy atom. The van der Waals surface area contributed by atoms with Crippen molar-refractivity contribution in [2.45, 2.75) is 44.8 Å². The summed E-state index contributed by atoms with van der Waals surface area (Å²) in [5, 5.41) is 5.51. The molecular formula is C24H26N2O6. The minimum atomic E-state index is -0.685. The van der Waals surface area contributed by atoms with E-state index in [1.165, 1.54) is 0 Å². The van der Waals surface area contributed by atoms with Gasteiger partial charge in [0.2, 0.25) is 0 Å². The first-order valence-corrected chi connectivity index (χ1v) is 10.6. The summed E-state index contributed by atoms with van der Waals surface area (Å²) in [4.78, 5) is 36.6. The fourth-order valence-corrected chi connectivity index (χ4v) is 3.49. The third-order valence-corrected chi connectivity index (χ3v) is 5.12. The van der Waals surface area contributed by atoms with Crippen LogP contribution in [0, 0.1) is 0 Å². The van der Waals surface area contributed by atoms with Crippen LogP contribution in [-0.4, -0.2) is 42.6 Å². The van der Waals surface area contributed by atoms with Crippen LogP contribution < -0.4 is 20.1 Å². The third kappa shape index (κ3) is 5.38. The Morgan fingerprint density at radius 2 is 1.84 bits per heavy atom. The zero-order valence-corrected chi connectivity index (χ0v) is 18.1. The number of ether oxygens (including phenoxy) is 3. The molecule has 8 nitrogen and oxygen atoms in total. The Hall–Kier alpha value is -3.55. The van der Waals surface area contributed by atoms with Crippen molar-refractivity contribution in [1.29, 1.82) is 0 Å². The van der Waals surface area contributed by atoms with Gasteiger partial charge in [-0.25, -0.2) is 4.79 Å². The molecular weight excluding hydrogens is 412 g/mol.